The summed E-state index contributed by atoms with van der Waals surface area (Å²) in [6.45, 7) is 1.81. The number of carbonyl (C=O) groups excluding carboxylic acids is 1. The van der Waals surface area contributed by atoms with Gasteiger partial charge < -0.3 is 9.47 Å². The molecule has 4 heterocycles. The molecule has 5 rings (SSSR count). The number of aromatic nitrogens is 2. The van der Waals surface area contributed by atoms with Gasteiger partial charge in [0, 0.05) is 54.6 Å². The standard InChI is InChI=1S/C24H20N4O2/c25-12-16-4-3-5-18(8-16)24(30)27-13-17-9-20(15-27)22-10-19(11-23(29)28(22)14-17)21-6-1-2-7-26-21/h1-8,10-11,17,20H,9,13-15H2/t17-,20+/m0/s1. The lowest BCUT2D eigenvalue weighted by Gasteiger charge is -2.43. The van der Waals surface area contributed by atoms with Gasteiger partial charge >= 0.3 is 0 Å². The molecule has 2 aliphatic rings. The highest BCUT2D eigenvalue weighted by atomic mass is 16.2. The summed E-state index contributed by atoms with van der Waals surface area (Å²) >= 11 is 0. The van der Waals surface area contributed by atoms with Crippen LogP contribution in [-0.2, 0) is 6.54 Å². The Labute approximate surface area is 174 Å². The Morgan fingerprint density at radius 2 is 1.97 bits per heavy atom. The molecular weight excluding hydrogens is 376 g/mol. The SMILES string of the molecule is N#Cc1cccc(C(=O)N2C[C@@H]3C[C@H](C2)c2cc(-c4ccccn4)cc(=O)n2C3)c1. The number of benzene rings is 1. The largest absolute Gasteiger partial charge is 0.338 e. The molecule has 0 unspecified atom stereocenters. The van der Waals surface area contributed by atoms with Gasteiger partial charge in [0.25, 0.3) is 11.5 Å². The summed E-state index contributed by atoms with van der Waals surface area (Å²) in [5.41, 5.74) is 3.57. The smallest absolute Gasteiger partial charge is 0.253 e. The minimum Gasteiger partial charge on any atom is -0.338 e. The first kappa shape index (κ1) is 18.3. The predicted molar refractivity (Wildman–Crippen MR) is 112 cm³/mol. The van der Waals surface area contributed by atoms with Crippen LogP contribution in [0, 0.1) is 17.2 Å². The van der Waals surface area contributed by atoms with Crippen molar-refractivity contribution in [2.24, 2.45) is 5.92 Å². The number of amides is 1. The third kappa shape index (κ3) is 3.18. The van der Waals surface area contributed by atoms with Crippen molar-refractivity contribution in [1.82, 2.24) is 14.5 Å². The van der Waals surface area contributed by atoms with Crippen molar-refractivity contribution < 1.29 is 4.79 Å². The van der Waals surface area contributed by atoms with Crippen LogP contribution in [0.4, 0.5) is 0 Å². The molecule has 2 aliphatic heterocycles. The zero-order valence-corrected chi connectivity index (χ0v) is 16.4. The summed E-state index contributed by atoms with van der Waals surface area (Å²) in [6, 6.07) is 18.3. The van der Waals surface area contributed by atoms with Gasteiger partial charge in [0.1, 0.15) is 0 Å². The Bertz CT molecular complexity index is 1230. The van der Waals surface area contributed by atoms with E-state index in [2.05, 4.69) is 17.1 Å². The average Bonchev–Trinajstić information content (AvgIpc) is 2.79. The third-order valence-electron chi connectivity index (χ3n) is 6.04. The summed E-state index contributed by atoms with van der Waals surface area (Å²) in [5.74, 6) is 0.299. The van der Waals surface area contributed by atoms with E-state index in [0.717, 1.165) is 23.4 Å². The number of likely N-dealkylation sites (tertiary alicyclic amines) is 1. The van der Waals surface area contributed by atoms with Gasteiger partial charge in [0.05, 0.1) is 17.3 Å². The Hall–Kier alpha value is -3.72. The number of nitrogens with zero attached hydrogens (tertiary/aromatic N) is 4. The third-order valence-corrected chi connectivity index (χ3v) is 6.04. The minimum atomic E-state index is -0.0570. The average molecular weight is 396 g/mol. The maximum absolute atomic E-state index is 13.1. The molecule has 6 heteroatoms. The van der Waals surface area contributed by atoms with E-state index >= 15 is 0 Å². The number of hydrogen-bond acceptors (Lipinski definition) is 4. The molecule has 0 spiro atoms. The van der Waals surface area contributed by atoms with E-state index in [4.69, 9.17) is 5.26 Å². The molecule has 30 heavy (non-hydrogen) atoms. The minimum absolute atomic E-state index is 0.00986. The van der Waals surface area contributed by atoms with Gasteiger partial charge in [0.15, 0.2) is 0 Å². The fourth-order valence-corrected chi connectivity index (χ4v) is 4.71. The highest BCUT2D eigenvalue weighted by molar-refractivity contribution is 5.94. The predicted octanol–water partition coefficient (Wildman–Crippen LogP) is 3.04. The second-order valence-corrected chi connectivity index (χ2v) is 8.03. The molecule has 0 aliphatic carbocycles. The molecule has 0 N–H and O–H groups in total. The fraction of sp³-hybridized carbons (Fsp3) is 0.250. The van der Waals surface area contributed by atoms with Crippen molar-refractivity contribution in [3.8, 4) is 17.3 Å². The highest BCUT2D eigenvalue weighted by Gasteiger charge is 2.37. The van der Waals surface area contributed by atoms with Gasteiger partial charge in [-0.1, -0.05) is 12.1 Å². The van der Waals surface area contributed by atoms with Crippen LogP contribution in [0.25, 0.3) is 11.3 Å². The Morgan fingerprint density at radius 1 is 1.07 bits per heavy atom. The van der Waals surface area contributed by atoms with E-state index in [-0.39, 0.29) is 23.3 Å². The molecule has 6 nitrogen and oxygen atoms in total. The molecule has 2 atom stereocenters. The van der Waals surface area contributed by atoms with Crippen LogP contribution < -0.4 is 5.56 Å². The maximum Gasteiger partial charge on any atom is 0.253 e. The number of carbonyl (C=O) groups is 1. The van der Waals surface area contributed by atoms with Gasteiger partial charge in [-0.05, 0) is 48.7 Å². The molecule has 1 amide bonds. The molecule has 3 aromatic rings. The first-order valence-electron chi connectivity index (χ1n) is 10.1. The van der Waals surface area contributed by atoms with Crippen molar-refractivity contribution in [3.05, 3.63) is 88.0 Å². The van der Waals surface area contributed by atoms with Gasteiger partial charge in [0.2, 0.25) is 0 Å². The molecule has 0 saturated carbocycles. The Balaban J connectivity index is 1.48. The molecule has 0 radical (unpaired) electrons. The summed E-state index contributed by atoms with van der Waals surface area (Å²) in [5, 5.41) is 9.13. The lowest BCUT2D eigenvalue weighted by Crippen LogP contribution is -2.49. The highest BCUT2D eigenvalue weighted by Crippen LogP contribution is 2.36. The van der Waals surface area contributed by atoms with Crippen LogP contribution in [0.2, 0.25) is 0 Å². The zero-order chi connectivity index (χ0) is 20.7. The van der Waals surface area contributed by atoms with Gasteiger partial charge in [-0.15, -0.1) is 0 Å². The van der Waals surface area contributed by atoms with E-state index in [1.165, 1.54) is 0 Å². The van der Waals surface area contributed by atoms with E-state index in [9.17, 15) is 9.59 Å². The van der Waals surface area contributed by atoms with Crippen LogP contribution >= 0.6 is 0 Å². The van der Waals surface area contributed by atoms with Gasteiger partial charge in [-0.3, -0.25) is 14.6 Å². The van der Waals surface area contributed by atoms with Gasteiger partial charge in [-0.25, -0.2) is 0 Å². The van der Waals surface area contributed by atoms with Crippen molar-refractivity contribution in [1.29, 1.82) is 5.26 Å². The van der Waals surface area contributed by atoms with Crippen molar-refractivity contribution in [2.75, 3.05) is 13.1 Å². The first-order chi connectivity index (χ1) is 14.6. The number of hydrogen-bond donors (Lipinski definition) is 0. The van der Waals surface area contributed by atoms with Crippen molar-refractivity contribution >= 4 is 5.91 Å². The van der Waals surface area contributed by atoms with E-state index in [1.807, 2.05) is 27.7 Å². The molecule has 1 fully saturated rings. The molecule has 1 saturated heterocycles. The second-order valence-electron chi connectivity index (χ2n) is 8.03. The van der Waals surface area contributed by atoms with Crippen LogP contribution in [0.3, 0.4) is 0 Å². The number of fused-ring (bicyclic) bond motifs is 4. The van der Waals surface area contributed by atoms with Crippen LogP contribution in [0.1, 0.15) is 34.0 Å². The quantitative estimate of drug-likeness (QED) is 0.667. The second kappa shape index (κ2) is 7.27. The Kier molecular flexibility index (Phi) is 4.44. The van der Waals surface area contributed by atoms with E-state index < -0.39 is 0 Å². The number of pyridine rings is 2. The summed E-state index contributed by atoms with van der Waals surface area (Å²) in [7, 11) is 0. The number of piperidine rings is 1. The van der Waals surface area contributed by atoms with Gasteiger partial charge in [-0.2, -0.15) is 5.26 Å². The number of nitriles is 1. The summed E-state index contributed by atoms with van der Waals surface area (Å²) in [4.78, 5) is 32.2. The molecule has 2 aromatic heterocycles. The zero-order valence-electron chi connectivity index (χ0n) is 16.4. The maximum atomic E-state index is 13.1. The topological polar surface area (TPSA) is 79.0 Å². The van der Waals surface area contributed by atoms with Crippen LogP contribution in [0.5, 0.6) is 0 Å². The molecule has 2 bridgehead atoms. The van der Waals surface area contributed by atoms with E-state index in [0.29, 0.717) is 30.8 Å². The van der Waals surface area contributed by atoms with E-state index in [1.54, 1.807) is 36.5 Å². The summed E-state index contributed by atoms with van der Waals surface area (Å²) < 4.78 is 1.86. The number of rotatable bonds is 2. The lowest BCUT2D eigenvalue weighted by molar-refractivity contribution is 0.0594. The summed E-state index contributed by atoms with van der Waals surface area (Å²) in [6.07, 6.45) is 2.69. The molecular formula is C24H20N4O2. The lowest BCUT2D eigenvalue weighted by atomic mass is 9.82. The van der Waals surface area contributed by atoms with Crippen LogP contribution in [-0.4, -0.2) is 33.4 Å². The normalized spacial score (nSPS) is 19.6. The monoisotopic (exact) mass is 396 g/mol. The van der Waals surface area contributed by atoms with Crippen LogP contribution in [0.15, 0.2) is 65.6 Å². The Morgan fingerprint density at radius 3 is 2.77 bits per heavy atom. The van der Waals surface area contributed by atoms with Crippen molar-refractivity contribution in [2.45, 2.75) is 18.9 Å². The first-order valence-corrected chi connectivity index (χ1v) is 10.1. The fourth-order valence-electron chi connectivity index (χ4n) is 4.71. The molecule has 148 valence electrons. The molecule has 1 aromatic carbocycles. The van der Waals surface area contributed by atoms with Crippen molar-refractivity contribution in [3.63, 3.8) is 0 Å².